The molecule has 8 nitrogen and oxygen atoms in total. The normalized spacial score (nSPS) is 11.4. The van der Waals surface area contributed by atoms with Gasteiger partial charge < -0.3 is 19.3 Å². The van der Waals surface area contributed by atoms with E-state index in [2.05, 4.69) is 48.1 Å². The van der Waals surface area contributed by atoms with Gasteiger partial charge in [0.2, 0.25) is 0 Å². The van der Waals surface area contributed by atoms with Crippen LogP contribution in [0.15, 0.2) is 24.3 Å². The maximum Gasteiger partial charge on any atom is 0.411 e. The van der Waals surface area contributed by atoms with Crippen molar-refractivity contribution in [3.8, 4) is 0 Å². The molecule has 0 atom stereocenters. The van der Waals surface area contributed by atoms with Crippen LogP contribution in [-0.2, 0) is 9.47 Å². The highest BCUT2D eigenvalue weighted by molar-refractivity contribution is 5.88. The summed E-state index contributed by atoms with van der Waals surface area (Å²) in [6.45, 7) is 15.8. The van der Waals surface area contributed by atoms with Gasteiger partial charge in [-0.3, -0.25) is 10.6 Å². The number of benzene rings is 1. The standard InChI is InChI=1S/C48H90N4O4/c1-5-9-11-13-15-17-19-21-23-25-27-29-31-38-51(7-3)40-34-42-55-47(53)49-45-36-33-37-46(44-45)50-48(54)56-43-35-41-52(8-4)39-32-30-28-26-24-22-20-18-16-14-12-10-6-2/h33,36-37,44H,5-32,34-35,38-43H2,1-4H3,(H,49,53)(H,50,54). The van der Waals surface area contributed by atoms with Gasteiger partial charge in [0.05, 0.1) is 13.2 Å². The number of hydrogen-bond donors (Lipinski definition) is 2. The molecule has 1 aromatic rings. The second-order valence-electron chi connectivity index (χ2n) is 16.2. The molecule has 0 radical (unpaired) electrons. The van der Waals surface area contributed by atoms with Crippen molar-refractivity contribution >= 4 is 23.6 Å². The topological polar surface area (TPSA) is 83.1 Å². The van der Waals surface area contributed by atoms with E-state index in [4.69, 9.17) is 9.47 Å². The van der Waals surface area contributed by atoms with Crippen LogP contribution in [0.1, 0.15) is 207 Å². The fourth-order valence-corrected chi connectivity index (χ4v) is 7.45. The first-order valence-corrected chi connectivity index (χ1v) is 23.9. The molecule has 0 bridgehead atoms. The summed E-state index contributed by atoms with van der Waals surface area (Å²) < 4.78 is 10.9. The number of ether oxygens (including phenoxy) is 2. The van der Waals surface area contributed by atoms with Gasteiger partial charge in [-0.1, -0.05) is 188 Å². The highest BCUT2D eigenvalue weighted by Crippen LogP contribution is 2.17. The average molecular weight is 787 g/mol. The molecular formula is C48H90N4O4. The Labute approximate surface area is 346 Å². The lowest BCUT2D eigenvalue weighted by Crippen LogP contribution is -2.27. The minimum absolute atomic E-state index is 0.375. The number of amides is 2. The van der Waals surface area contributed by atoms with Gasteiger partial charge >= 0.3 is 12.2 Å². The molecule has 0 aromatic heterocycles. The Morgan fingerprint density at radius 1 is 0.429 bits per heavy atom. The number of carbonyl (C=O) groups excluding carboxylic acids is 2. The lowest BCUT2D eigenvalue weighted by atomic mass is 10.0. The first-order chi connectivity index (χ1) is 27.5. The molecule has 2 N–H and O–H groups in total. The molecule has 0 saturated heterocycles. The molecule has 0 fully saturated rings. The van der Waals surface area contributed by atoms with E-state index in [1.54, 1.807) is 24.3 Å². The van der Waals surface area contributed by atoms with Crippen molar-refractivity contribution in [2.75, 3.05) is 63.1 Å². The van der Waals surface area contributed by atoms with Gasteiger partial charge in [0.1, 0.15) is 0 Å². The van der Waals surface area contributed by atoms with Crippen LogP contribution in [0.25, 0.3) is 0 Å². The Morgan fingerprint density at radius 3 is 1.02 bits per heavy atom. The van der Waals surface area contributed by atoms with Crippen molar-refractivity contribution in [2.45, 2.75) is 207 Å². The van der Waals surface area contributed by atoms with Crippen molar-refractivity contribution in [1.29, 1.82) is 0 Å². The molecule has 8 heteroatoms. The van der Waals surface area contributed by atoms with Gasteiger partial charge in [0.25, 0.3) is 0 Å². The van der Waals surface area contributed by atoms with Gasteiger partial charge in [-0.25, -0.2) is 9.59 Å². The van der Waals surface area contributed by atoms with Crippen molar-refractivity contribution in [2.24, 2.45) is 0 Å². The fourth-order valence-electron chi connectivity index (χ4n) is 7.45. The molecule has 2 amide bonds. The zero-order valence-corrected chi connectivity index (χ0v) is 37.3. The van der Waals surface area contributed by atoms with E-state index in [1.165, 1.54) is 167 Å². The lowest BCUT2D eigenvalue weighted by Gasteiger charge is -2.20. The maximum absolute atomic E-state index is 12.4. The predicted molar refractivity (Wildman–Crippen MR) is 241 cm³/mol. The van der Waals surface area contributed by atoms with Gasteiger partial charge in [0.15, 0.2) is 0 Å². The van der Waals surface area contributed by atoms with Crippen LogP contribution in [0.2, 0.25) is 0 Å². The molecule has 0 aliphatic carbocycles. The van der Waals surface area contributed by atoms with Gasteiger partial charge in [-0.05, 0) is 70.1 Å². The Morgan fingerprint density at radius 2 is 0.714 bits per heavy atom. The molecule has 0 aliphatic heterocycles. The summed E-state index contributed by atoms with van der Waals surface area (Å²) in [6, 6.07) is 7.06. The third kappa shape index (κ3) is 32.7. The molecule has 0 aliphatic rings. The number of nitrogens with one attached hydrogen (secondary N) is 2. The lowest BCUT2D eigenvalue weighted by molar-refractivity contribution is 0.151. The van der Waals surface area contributed by atoms with Gasteiger partial charge in [0, 0.05) is 24.5 Å². The first-order valence-electron chi connectivity index (χ1n) is 23.9. The van der Waals surface area contributed by atoms with Crippen molar-refractivity contribution in [3.63, 3.8) is 0 Å². The number of rotatable bonds is 40. The van der Waals surface area contributed by atoms with Crippen LogP contribution in [0.5, 0.6) is 0 Å². The van der Waals surface area contributed by atoms with Crippen LogP contribution in [0.4, 0.5) is 21.0 Å². The molecular weight excluding hydrogens is 697 g/mol. The van der Waals surface area contributed by atoms with E-state index in [0.29, 0.717) is 24.6 Å². The summed E-state index contributed by atoms with van der Waals surface area (Å²) >= 11 is 0. The average Bonchev–Trinajstić information content (AvgIpc) is 3.20. The van der Waals surface area contributed by atoms with Crippen molar-refractivity contribution in [3.05, 3.63) is 24.3 Å². The molecule has 326 valence electrons. The molecule has 1 aromatic carbocycles. The summed E-state index contributed by atoms with van der Waals surface area (Å²) in [6.07, 6.45) is 36.4. The third-order valence-electron chi connectivity index (χ3n) is 11.1. The Kier molecular flexibility index (Phi) is 36.5. The number of anilines is 2. The Hall–Kier alpha value is -2.32. The number of carbonyl (C=O) groups is 2. The number of nitrogens with zero attached hydrogens (tertiary/aromatic N) is 2. The highest BCUT2D eigenvalue weighted by Gasteiger charge is 2.09. The summed E-state index contributed by atoms with van der Waals surface area (Å²) in [5.74, 6) is 0. The summed E-state index contributed by atoms with van der Waals surface area (Å²) in [5.41, 5.74) is 1.13. The summed E-state index contributed by atoms with van der Waals surface area (Å²) in [5, 5.41) is 5.56. The SMILES string of the molecule is CCCCCCCCCCCCCCCN(CC)CCCOC(=O)Nc1cccc(NC(=O)OCCCN(CC)CCCCCCCCCCCCCCC)c1. The van der Waals surface area contributed by atoms with E-state index >= 15 is 0 Å². The molecule has 1 rings (SSSR count). The van der Waals surface area contributed by atoms with Crippen LogP contribution in [0, 0.1) is 0 Å². The van der Waals surface area contributed by atoms with Crippen molar-refractivity contribution < 1.29 is 19.1 Å². The Bertz CT molecular complexity index is 949. The van der Waals surface area contributed by atoms with E-state index in [9.17, 15) is 9.59 Å². The zero-order chi connectivity index (χ0) is 40.6. The quantitative estimate of drug-likeness (QED) is 0.0645. The molecule has 0 spiro atoms. The van der Waals surface area contributed by atoms with Gasteiger partial charge in [-0.15, -0.1) is 0 Å². The van der Waals surface area contributed by atoms with Crippen LogP contribution in [-0.4, -0.2) is 74.5 Å². The van der Waals surface area contributed by atoms with Crippen LogP contribution in [0.3, 0.4) is 0 Å². The second-order valence-corrected chi connectivity index (χ2v) is 16.2. The maximum atomic E-state index is 12.4. The summed E-state index contributed by atoms with van der Waals surface area (Å²) in [4.78, 5) is 29.8. The smallest absolute Gasteiger partial charge is 0.411 e. The molecule has 56 heavy (non-hydrogen) atoms. The van der Waals surface area contributed by atoms with E-state index in [1.807, 2.05) is 0 Å². The zero-order valence-electron chi connectivity index (χ0n) is 37.3. The number of unbranched alkanes of at least 4 members (excludes halogenated alkanes) is 24. The van der Waals surface area contributed by atoms with Crippen LogP contribution >= 0.6 is 0 Å². The fraction of sp³-hybridized carbons (Fsp3) is 0.833. The Balaban J connectivity index is 2.08. The number of hydrogen-bond acceptors (Lipinski definition) is 6. The van der Waals surface area contributed by atoms with E-state index < -0.39 is 12.2 Å². The third-order valence-corrected chi connectivity index (χ3v) is 11.1. The first kappa shape index (κ1) is 51.7. The van der Waals surface area contributed by atoms with E-state index in [0.717, 1.165) is 52.1 Å². The van der Waals surface area contributed by atoms with Crippen molar-refractivity contribution in [1.82, 2.24) is 9.80 Å². The predicted octanol–water partition coefficient (Wildman–Crippen LogP) is 14.4. The second kappa shape index (κ2) is 39.5. The molecule has 0 heterocycles. The van der Waals surface area contributed by atoms with E-state index in [-0.39, 0.29) is 0 Å². The molecule has 0 saturated carbocycles. The minimum atomic E-state index is -0.483. The van der Waals surface area contributed by atoms with Crippen LogP contribution < -0.4 is 10.6 Å². The minimum Gasteiger partial charge on any atom is -0.449 e. The monoisotopic (exact) mass is 787 g/mol. The molecule has 0 unspecified atom stereocenters. The largest absolute Gasteiger partial charge is 0.449 e. The highest BCUT2D eigenvalue weighted by atomic mass is 16.6. The van der Waals surface area contributed by atoms with Gasteiger partial charge in [-0.2, -0.15) is 0 Å². The summed E-state index contributed by atoms with van der Waals surface area (Å²) in [7, 11) is 0.